The van der Waals surface area contributed by atoms with E-state index in [1.165, 1.54) is 18.1 Å². The van der Waals surface area contributed by atoms with Crippen LogP contribution in [0.4, 0.5) is 0 Å². The number of hydrogen-bond acceptors (Lipinski definition) is 6. The van der Waals surface area contributed by atoms with Gasteiger partial charge in [0.15, 0.2) is 0 Å². The third-order valence-corrected chi connectivity index (χ3v) is 7.65. The predicted molar refractivity (Wildman–Crippen MR) is 121 cm³/mol. The molecule has 0 spiro atoms. The summed E-state index contributed by atoms with van der Waals surface area (Å²) in [4.78, 5) is 71.0. The third kappa shape index (κ3) is 4.30. The Morgan fingerprint density at radius 2 is 1.00 bits per heavy atom. The second-order valence-electron chi connectivity index (χ2n) is 9.49. The summed E-state index contributed by atoms with van der Waals surface area (Å²) in [7, 11) is 1.31. The van der Waals surface area contributed by atoms with Crippen molar-refractivity contribution in [3.63, 3.8) is 0 Å². The van der Waals surface area contributed by atoms with E-state index in [0.29, 0.717) is 64.7 Å². The topological polar surface area (TPSA) is 108 Å². The summed E-state index contributed by atoms with van der Waals surface area (Å²) < 4.78 is 4.86. The SMILES string of the molecule is C=CC(=O)N1CCC[C@H]1C(=O)N1CCC[C@H]1C(=O)N1CCC[C@H]1C(=O)N1CCC[C@H]1C(=O)OC. The Hall–Kier alpha value is -2.91. The molecule has 4 saturated heterocycles. The highest BCUT2D eigenvalue weighted by Gasteiger charge is 2.47. The average Bonchev–Trinajstić information content (AvgIpc) is 3.66. The highest BCUT2D eigenvalue weighted by Crippen LogP contribution is 2.30. The zero-order valence-electron chi connectivity index (χ0n) is 19.8. The molecule has 0 saturated carbocycles. The molecule has 0 aromatic carbocycles. The fourth-order valence-electron chi connectivity index (χ4n) is 5.96. The molecule has 4 rings (SSSR count). The van der Waals surface area contributed by atoms with Gasteiger partial charge >= 0.3 is 5.97 Å². The summed E-state index contributed by atoms with van der Waals surface area (Å²) in [6.07, 6.45) is 6.30. The second-order valence-corrected chi connectivity index (χ2v) is 9.49. The lowest BCUT2D eigenvalue weighted by molar-refractivity contribution is -0.155. The number of carbonyl (C=O) groups excluding carboxylic acids is 5. The molecule has 0 aromatic heterocycles. The van der Waals surface area contributed by atoms with Gasteiger partial charge in [-0.3, -0.25) is 19.2 Å². The van der Waals surface area contributed by atoms with E-state index in [1.807, 2.05) is 0 Å². The number of carbonyl (C=O) groups is 5. The van der Waals surface area contributed by atoms with Crippen molar-refractivity contribution in [2.45, 2.75) is 75.5 Å². The van der Waals surface area contributed by atoms with E-state index in [4.69, 9.17) is 4.74 Å². The van der Waals surface area contributed by atoms with Crippen molar-refractivity contribution in [1.29, 1.82) is 0 Å². The van der Waals surface area contributed by atoms with Crippen LogP contribution in [0.3, 0.4) is 0 Å². The Morgan fingerprint density at radius 1 is 0.647 bits per heavy atom. The molecule has 10 heteroatoms. The molecule has 4 amide bonds. The maximum atomic E-state index is 13.6. The van der Waals surface area contributed by atoms with Gasteiger partial charge in [0.05, 0.1) is 7.11 Å². The molecule has 186 valence electrons. The molecule has 0 bridgehead atoms. The maximum Gasteiger partial charge on any atom is 0.328 e. The number of likely N-dealkylation sites (tertiary alicyclic amines) is 4. The standard InChI is InChI=1S/C24H34N4O6/c1-3-20(29)25-12-4-8-16(25)21(30)26-13-5-9-17(26)22(31)27-14-6-10-18(27)23(32)28-15-7-11-19(28)24(33)34-2/h3,16-19H,1,4-15H2,2H3/t16-,17-,18-,19-/m0/s1. The summed E-state index contributed by atoms with van der Waals surface area (Å²) in [5, 5.41) is 0. The summed E-state index contributed by atoms with van der Waals surface area (Å²) in [5.41, 5.74) is 0. The fourth-order valence-corrected chi connectivity index (χ4v) is 5.96. The quantitative estimate of drug-likeness (QED) is 0.419. The number of amides is 4. The normalized spacial score (nSPS) is 29.0. The molecule has 4 aliphatic heterocycles. The van der Waals surface area contributed by atoms with Crippen molar-refractivity contribution in [3.05, 3.63) is 12.7 Å². The minimum Gasteiger partial charge on any atom is -0.467 e. The predicted octanol–water partition coefficient (Wildman–Crippen LogP) is 0.309. The van der Waals surface area contributed by atoms with E-state index in [0.717, 1.165) is 12.8 Å². The lowest BCUT2D eigenvalue weighted by Gasteiger charge is -2.35. The number of esters is 1. The van der Waals surface area contributed by atoms with Gasteiger partial charge in [-0.2, -0.15) is 0 Å². The first-order valence-corrected chi connectivity index (χ1v) is 12.3. The van der Waals surface area contributed by atoms with Crippen LogP contribution in [0.1, 0.15) is 51.4 Å². The van der Waals surface area contributed by atoms with Crippen molar-refractivity contribution < 1.29 is 28.7 Å². The van der Waals surface area contributed by atoms with Gasteiger partial charge in [-0.1, -0.05) is 6.58 Å². The van der Waals surface area contributed by atoms with E-state index in [1.54, 1.807) is 14.7 Å². The Kier molecular flexibility index (Phi) is 7.23. The van der Waals surface area contributed by atoms with Crippen LogP contribution in [0, 0.1) is 0 Å². The zero-order valence-corrected chi connectivity index (χ0v) is 19.8. The van der Waals surface area contributed by atoms with Gasteiger partial charge < -0.3 is 24.3 Å². The third-order valence-electron chi connectivity index (χ3n) is 7.65. The van der Waals surface area contributed by atoms with Crippen LogP contribution in [0.15, 0.2) is 12.7 Å². The summed E-state index contributed by atoms with van der Waals surface area (Å²) >= 11 is 0. The maximum absolute atomic E-state index is 13.6. The van der Waals surface area contributed by atoms with Crippen LogP contribution in [-0.2, 0) is 28.7 Å². The number of ether oxygens (including phenoxy) is 1. The van der Waals surface area contributed by atoms with Crippen LogP contribution >= 0.6 is 0 Å². The summed E-state index contributed by atoms with van der Waals surface area (Å²) in [5.74, 6) is -1.32. The first kappa shape index (κ1) is 24.2. The van der Waals surface area contributed by atoms with Crippen molar-refractivity contribution in [2.75, 3.05) is 33.3 Å². The van der Waals surface area contributed by atoms with Gasteiger partial charge in [-0.15, -0.1) is 0 Å². The van der Waals surface area contributed by atoms with E-state index < -0.39 is 30.1 Å². The van der Waals surface area contributed by atoms with E-state index in [2.05, 4.69) is 6.58 Å². The monoisotopic (exact) mass is 474 g/mol. The minimum absolute atomic E-state index is 0.198. The second kappa shape index (κ2) is 10.1. The van der Waals surface area contributed by atoms with Crippen molar-refractivity contribution in [1.82, 2.24) is 19.6 Å². The fraction of sp³-hybridized carbons (Fsp3) is 0.708. The Bertz CT molecular complexity index is 876. The van der Waals surface area contributed by atoms with Crippen LogP contribution in [0.2, 0.25) is 0 Å². The molecule has 4 heterocycles. The molecule has 0 aromatic rings. The van der Waals surface area contributed by atoms with Crippen molar-refractivity contribution in [2.24, 2.45) is 0 Å². The van der Waals surface area contributed by atoms with Gasteiger partial charge in [0, 0.05) is 26.2 Å². The molecular weight excluding hydrogens is 440 g/mol. The molecule has 10 nitrogen and oxygen atoms in total. The van der Waals surface area contributed by atoms with Crippen molar-refractivity contribution in [3.8, 4) is 0 Å². The largest absolute Gasteiger partial charge is 0.467 e. The number of methoxy groups -OCH3 is 1. The molecule has 4 aliphatic rings. The number of hydrogen-bond donors (Lipinski definition) is 0. The molecule has 0 unspecified atom stereocenters. The van der Waals surface area contributed by atoms with Crippen LogP contribution in [0.25, 0.3) is 0 Å². The highest BCUT2D eigenvalue weighted by molar-refractivity contribution is 5.97. The van der Waals surface area contributed by atoms with E-state index in [-0.39, 0.29) is 23.6 Å². The summed E-state index contributed by atoms with van der Waals surface area (Å²) in [6, 6.07) is -2.42. The highest BCUT2D eigenvalue weighted by atomic mass is 16.5. The van der Waals surface area contributed by atoms with Gasteiger partial charge in [-0.25, -0.2) is 4.79 Å². The molecule has 0 radical (unpaired) electrons. The summed E-state index contributed by atoms with van der Waals surface area (Å²) in [6.45, 7) is 5.43. The van der Waals surface area contributed by atoms with Gasteiger partial charge in [0.2, 0.25) is 23.6 Å². The first-order valence-electron chi connectivity index (χ1n) is 12.3. The van der Waals surface area contributed by atoms with Gasteiger partial charge in [0.25, 0.3) is 0 Å². The van der Waals surface area contributed by atoms with Crippen LogP contribution < -0.4 is 0 Å². The van der Waals surface area contributed by atoms with E-state index in [9.17, 15) is 24.0 Å². The molecule has 4 fully saturated rings. The van der Waals surface area contributed by atoms with Gasteiger partial charge in [-0.05, 0) is 57.4 Å². The average molecular weight is 475 g/mol. The molecule has 0 N–H and O–H groups in total. The van der Waals surface area contributed by atoms with Crippen LogP contribution in [0.5, 0.6) is 0 Å². The lowest BCUT2D eigenvalue weighted by Crippen LogP contribution is -2.56. The smallest absolute Gasteiger partial charge is 0.328 e. The Labute approximate surface area is 199 Å². The molecular formula is C24H34N4O6. The number of rotatable bonds is 5. The van der Waals surface area contributed by atoms with Crippen molar-refractivity contribution >= 4 is 29.6 Å². The molecule has 4 atom stereocenters. The lowest BCUT2D eigenvalue weighted by atomic mass is 10.1. The zero-order chi connectivity index (χ0) is 24.4. The Balaban J connectivity index is 1.47. The first-order chi connectivity index (χ1) is 16.4. The van der Waals surface area contributed by atoms with Gasteiger partial charge in [0.1, 0.15) is 24.2 Å². The molecule has 34 heavy (non-hydrogen) atoms. The van der Waals surface area contributed by atoms with E-state index >= 15 is 0 Å². The van der Waals surface area contributed by atoms with Crippen LogP contribution in [-0.4, -0.2) is 107 Å². The Morgan fingerprint density at radius 3 is 1.41 bits per heavy atom. The molecule has 0 aliphatic carbocycles. The number of nitrogens with zero attached hydrogens (tertiary/aromatic N) is 4. The minimum atomic E-state index is -0.628.